The molecule has 0 spiro atoms. The van der Waals surface area contributed by atoms with E-state index in [9.17, 15) is 9.59 Å². The molecule has 0 saturated heterocycles. The third-order valence-electron chi connectivity index (χ3n) is 15.9. The van der Waals surface area contributed by atoms with Crippen molar-refractivity contribution in [2.75, 3.05) is 6.61 Å². The molecular formula is C46H60O4. The molecule has 0 aromatic heterocycles. The van der Waals surface area contributed by atoms with Gasteiger partial charge in [-0.2, -0.15) is 0 Å². The second-order valence-electron chi connectivity index (χ2n) is 18.8. The SMILES string of the molecule is C=CCO[C@H]1CC[C@]2(C)[C@H]3C(=O)C=C4[C@@H]5C[C@@](C)(C(=O)OC(c6ccccc6)c6ccccc6)CC[C@]5(C)CC[C@@]4(C)[C@]3(C)CC[C@H]2C1(C)C. The van der Waals surface area contributed by atoms with Crippen LogP contribution >= 0.6 is 0 Å². The molecule has 50 heavy (non-hydrogen) atoms. The van der Waals surface area contributed by atoms with Crippen LogP contribution in [0.3, 0.4) is 0 Å². The fourth-order valence-electron chi connectivity index (χ4n) is 12.7. The summed E-state index contributed by atoms with van der Waals surface area (Å²) in [6.45, 7) is 21.2. The summed E-state index contributed by atoms with van der Waals surface area (Å²) in [4.78, 5) is 29.4. The summed E-state index contributed by atoms with van der Waals surface area (Å²) < 4.78 is 12.9. The van der Waals surface area contributed by atoms with E-state index < -0.39 is 11.5 Å². The van der Waals surface area contributed by atoms with Crippen LogP contribution in [0, 0.1) is 50.2 Å². The molecule has 0 heterocycles. The molecule has 0 radical (unpaired) electrons. The minimum Gasteiger partial charge on any atom is -0.452 e. The number of carbonyl (C=O) groups excluding carboxylic acids is 2. The molecule has 0 aliphatic heterocycles. The van der Waals surface area contributed by atoms with Gasteiger partial charge in [0.2, 0.25) is 0 Å². The highest BCUT2D eigenvalue weighted by molar-refractivity contribution is 5.95. The highest BCUT2D eigenvalue weighted by Crippen LogP contribution is 2.75. The highest BCUT2D eigenvalue weighted by atomic mass is 16.5. The molecule has 0 bridgehead atoms. The maximum Gasteiger partial charge on any atom is 0.312 e. The van der Waals surface area contributed by atoms with Crippen LogP contribution in [-0.2, 0) is 19.1 Å². The van der Waals surface area contributed by atoms with Crippen molar-refractivity contribution in [1.29, 1.82) is 0 Å². The molecule has 0 amide bonds. The van der Waals surface area contributed by atoms with E-state index in [0.29, 0.717) is 18.3 Å². The number of ether oxygens (including phenoxy) is 2. The smallest absolute Gasteiger partial charge is 0.312 e. The van der Waals surface area contributed by atoms with E-state index in [-0.39, 0.29) is 51.0 Å². The van der Waals surface area contributed by atoms with Crippen LogP contribution in [0.1, 0.15) is 123 Å². The quantitative estimate of drug-likeness (QED) is 0.216. The summed E-state index contributed by atoms with van der Waals surface area (Å²) >= 11 is 0. The Hall–Kier alpha value is -2.98. The predicted molar refractivity (Wildman–Crippen MR) is 200 cm³/mol. The van der Waals surface area contributed by atoms with Crippen molar-refractivity contribution in [3.05, 3.63) is 96.1 Å². The van der Waals surface area contributed by atoms with Crippen LogP contribution < -0.4 is 0 Å². The summed E-state index contributed by atoms with van der Waals surface area (Å²) in [6, 6.07) is 20.2. The largest absolute Gasteiger partial charge is 0.452 e. The Kier molecular flexibility index (Phi) is 8.73. The molecule has 4 heteroatoms. The van der Waals surface area contributed by atoms with Crippen LogP contribution in [0.2, 0.25) is 0 Å². The number of benzene rings is 2. The summed E-state index contributed by atoms with van der Waals surface area (Å²) in [5, 5.41) is 0. The molecule has 4 nitrogen and oxygen atoms in total. The second kappa shape index (κ2) is 12.3. The van der Waals surface area contributed by atoms with Gasteiger partial charge in [-0.3, -0.25) is 9.59 Å². The van der Waals surface area contributed by atoms with E-state index in [1.54, 1.807) is 0 Å². The van der Waals surface area contributed by atoms with E-state index in [2.05, 4.69) is 61.1 Å². The number of esters is 1. The van der Waals surface area contributed by atoms with Crippen LogP contribution in [0.4, 0.5) is 0 Å². The average Bonchev–Trinajstić information content (AvgIpc) is 3.09. The maximum atomic E-state index is 14.9. The summed E-state index contributed by atoms with van der Waals surface area (Å²) in [7, 11) is 0. The molecule has 0 unspecified atom stereocenters. The van der Waals surface area contributed by atoms with E-state index >= 15 is 0 Å². The van der Waals surface area contributed by atoms with Gasteiger partial charge in [-0.1, -0.05) is 114 Å². The van der Waals surface area contributed by atoms with Gasteiger partial charge in [-0.05, 0) is 121 Å². The van der Waals surface area contributed by atoms with Crippen molar-refractivity contribution in [2.45, 2.75) is 118 Å². The summed E-state index contributed by atoms with van der Waals surface area (Å²) in [6.07, 6.45) is 12.6. The summed E-state index contributed by atoms with van der Waals surface area (Å²) in [5.41, 5.74) is 2.40. The molecule has 5 aliphatic carbocycles. The van der Waals surface area contributed by atoms with Crippen LogP contribution in [0.15, 0.2) is 85.0 Å². The summed E-state index contributed by atoms with van der Waals surface area (Å²) in [5.74, 6) is 0.792. The molecule has 268 valence electrons. The number of rotatable bonds is 7. The lowest BCUT2D eigenvalue weighted by atomic mass is 9.33. The first-order valence-electron chi connectivity index (χ1n) is 19.4. The minimum absolute atomic E-state index is 0.0103. The zero-order valence-corrected chi connectivity index (χ0v) is 31.7. The monoisotopic (exact) mass is 676 g/mol. The Labute approximate surface area is 301 Å². The zero-order chi connectivity index (χ0) is 35.7. The van der Waals surface area contributed by atoms with Crippen LogP contribution in [0.25, 0.3) is 0 Å². The molecule has 4 fully saturated rings. The number of carbonyl (C=O) groups is 2. The zero-order valence-electron chi connectivity index (χ0n) is 31.7. The third kappa shape index (κ3) is 5.24. The van der Waals surface area contributed by atoms with Gasteiger partial charge in [0.25, 0.3) is 0 Å². The third-order valence-corrected chi connectivity index (χ3v) is 15.9. The molecule has 2 aromatic carbocycles. The molecule has 4 saturated carbocycles. The van der Waals surface area contributed by atoms with Gasteiger partial charge >= 0.3 is 5.97 Å². The fourth-order valence-corrected chi connectivity index (χ4v) is 12.7. The van der Waals surface area contributed by atoms with Crippen molar-refractivity contribution in [1.82, 2.24) is 0 Å². The topological polar surface area (TPSA) is 52.6 Å². The Morgan fingerprint density at radius 2 is 1.46 bits per heavy atom. The number of ketones is 1. The lowest BCUT2D eigenvalue weighted by Gasteiger charge is -2.70. The van der Waals surface area contributed by atoms with E-state index in [1.165, 1.54) is 5.57 Å². The van der Waals surface area contributed by atoms with Crippen molar-refractivity contribution in [2.24, 2.45) is 50.2 Å². The van der Waals surface area contributed by atoms with Gasteiger partial charge in [0.05, 0.1) is 18.1 Å². The average molecular weight is 677 g/mol. The lowest BCUT2D eigenvalue weighted by molar-refractivity contribution is -0.208. The van der Waals surface area contributed by atoms with E-state index in [0.717, 1.165) is 68.9 Å². The van der Waals surface area contributed by atoms with Crippen molar-refractivity contribution < 1.29 is 19.1 Å². The Bertz CT molecular complexity index is 1620. The first-order valence-corrected chi connectivity index (χ1v) is 19.4. The second-order valence-corrected chi connectivity index (χ2v) is 18.8. The minimum atomic E-state index is -0.636. The molecule has 9 atom stereocenters. The molecular weight excluding hydrogens is 617 g/mol. The Morgan fingerprint density at radius 1 is 0.840 bits per heavy atom. The van der Waals surface area contributed by atoms with Crippen molar-refractivity contribution >= 4 is 11.8 Å². The van der Waals surface area contributed by atoms with E-state index in [1.807, 2.05) is 66.7 Å². The van der Waals surface area contributed by atoms with Gasteiger partial charge in [-0.15, -0.1) is 6.58 Å². The van der Waals surface area contributed by atoms with Gasteiger partial charge in [0.1, 0.15) is 0 Å². The van der Waals surface area contributed by atoms with Gasteiger partial charge in [0, 0.05) is 5.92 Å². The predicted octanol–water partition coefficient (Wildman–Crippen LogP) is 10.9. The molecule has 7 rings (SSSR count). The fraction of sp³-hybridized carbons (Fsp3) is 0.609. The number of hydrogen-bond donors (Lipinski definition) is 0. The van der Waals surface area contributed by atoms with Gasteiger partial charge in [0.15, 0.2) is 11.9 Å². The maximum absolute atomic E-state index is 14.9. The van der Waals surface area contributed by atoms with Crippen molar-refractivity contribution in [3.8, 4) is 0 Å². The van der Waals surface area contributed by atoms with Crippen LogP contribution in [0.5, 0.6) is 0 Å². The Morgan fingerprint density at radius 3 is 2.08 bits per heavy atom. The normalized spacial score (nSPS) is 40.4. The van der Waals surface area contributed by atoms with Gasteiger partial charge < -0.3 is 9.47 Å². The Balaban J connectivity index is 1.21. The lowest BCUT2D eigenvalue weighted by Crippen LogP contribution is -2.66. The first kappa shape index (κ1) is 35.4. The van der Waals surface area contributed by atoms with Gasteiger partial charge in [-0.25, -0.2) is 0 Å². The van der Waals surface area contributed by atoms with Crippen molar-refractivity contribution in [3.63, 3.8) is 0 Å². The molecule has 0 N–H and O–H groups in total. The molecule has 5 aliphatic rings. The molecule has 2 aromatic rings. The number of allylic oxidation sites excluding steroid dienone is 2. The van der Waals surface area contributed by atoms with E-state index in [4.69, 9.17) is 9.47 Å². The standard InChI is InChI=1S/C46H60O4/c1-9-28-49-37-21-22-44(6)36(41(37,2)3)20-23-46(8)39(44)35(47)29-33-34-30-43(5,25-24-42(34,4)26-27-45(33,46)7)40(48)50-38(31-16-12-10-13-17-31)32-18-14-11-15-19-32/h9-19,29,34,36-39H,1,20-28,30H2,2-8H3/t34-,36-,37-,39+,42+,43-,44-,45+,46+/m0/s1. The number of fused-ring (bicyclic) bond motifs is 7. The number of hydrogen-bond acceptors (Lipinski definition) is 4. The highest BCUT2D eigenvalue weighted by Gasteiger charge is 2.70. The van der Waals surface area contributed by atoms with Crippen LogP contribution in [-0.4, -0.2) is 24.5 Å². The first-order chi connectivity index (χ1) is 23.6.